The fraction of sp³-hybridized carbons (Fsp3) is 0.250. The first-order valence-corrected chi connectivity index (χ1v) is 8.46. The van der Waals surface area contributed by atoms with Crippen LogP contribution in [0.25, 0.3) is 0 Å². The first-order valence-electron chi connectivity index (χ1n) is 4.88. The van der Waals surface area contributed by atoms with Crippen molar-refractivity contribution in [1.29, 1.82) is 0 Å². The molecule has 0 atom stereocenters. The van der Waals surface area contributed by atoms with Crippen molar-refractivity contribution >= 4 is 13.9 Å². The normalized spacial score (nSPS) is 12.7. The summed E-state index contributed by atoms with van der Waals surface area (Å²) in [6.45, 7) is 5.97. The molecule has 0 aliphatic heterocycles. The van der Waals surface area contributed by atoms with E-state index in [2.05, 4.69) is 0 Å². The van der Waals surface area contributed by atoms with E-state index in [4.69, 9.17) is 0 Å². The zero-order chi connectivity index (χ0) is 11.5. The lowest BCUT2D eigenvalue weighted by Crippen LogP contribution is -2.18. The van der Waals surface area contributed by atoms with Crippen LogP contribution in [-0.4, -0.2) is 13.9 Å². The van der Waals surface area contributed by atoms with Crippen molar-refractivity contribution < 1.29 is 9.18 Å². The van der Waals surface area contributed by atoms with Gasteiger partial charge >= 0.3 is 0 Å². The lowest BCUT2D eigenvalue weighted by Gasteiger charge is -2.09. The monoisotopic (exact) mass is 222 g/mol. The van der Waals surface area contributed by atoms with Crippen LogP contribution in [0.4, 0.5) is 4.39 Å². The number of halogens is 1. The van der Waals surface area contributed by atoms with Gasteiger partial charge in [0.2, 0.25) is 5.78 Å². The highest BCUT2D eigenvalue weighted by molar-refractivity contribution is 6.81. The van der Waals surface area contributed by atoms with Crippen LogP contribution in [0.1, 0.15) is 10.4 Å². The van der Waals surface area contributed by atoms with Crippen LogP contribution in [0.2, 0.25) is 19.6 Å². The molecule has 0 fully saturated rings. The van der Waals surface area contributed by atoms with Crippen LogP contribution in [0.15, 0.2) is 41.9 Å². The van der Waals surface area contributed by atoms with Gasteiger partial charge in [0.25, 0.3) is 0 Å². The molecule has 0 aliphatic rings. The molecule has 0 amide bonds. The van der Waals surface area contributed by atoms with E-state index < -0.39 is 19.7 Å². The predicted molar refractivity (Wildman–Crippen MR) is 63.3 cm³/mol. The summed E-state index contributed by atoms with van der Waals surface area (Å²) in [5.74, 6) is -1.14. The van der Waals surface area contributed by atoms with E-state index in [1.54, 1.807) is 30.3 Å². The Morgan fingerprint density at radius 1 is 1.20 bits per heavy atom. The maximum Gasteiger partial charge on any atom is 0.220 e. The summed E-state index contributed by atoms with van der Waals surface area (Å²) in [4.78, 5) is 11.6. The molecule has 0 saturated carbocycles. The van der Waals surface area contributed by atoms with Crippen molar-refractivity contribution in [3.8, 4) is 0 Å². The molecule has 1 rings (SSSR count). The number of carbonyl (C=O) groups is 1. The van der Waals surface area contributed by atoms with Gasteiger partial charge in [-0.15, -0.1) is 0 Å². The van der Waals surface area contributed by atoms with Crippen molar-refractivity contribution in [3.63, 3.8) is 0 Å². The molecule has 0 bridgehead atoms. The minimum Gasteiger partial charge on any atom is -0.286 e. The molecule has 0 heterocycles. The summed E-state index contributed by atoms with van der Waals surface area (Å²) in [5, 5.41) is 0. The van der Waals surface area contributed by atoms with E-state index in [1.165, 1.54) is 5.70 Å². The van der Waals surface area contributed by atoms with Gasteiger partial charge in [0, 0.05) is 5.56 Å². The number of ketones is 1. The number of hydrogen-bond acceptors (Lipinski definition) is 1. The summed E-state index contributed by atoms with van der Waals surface area (Å²) < 4.78 is 13.5. The van der Waals surface area contributed by atoms with E-state index in [0.717, 1.165) is 0 Å². The van der Waals surface area contributed by atoms with Crippen molar-refractivity contribution in [2.24, 2.45) is 0 Å². The Bertz CT molecular complexity index is 376. The second kappa shape index (κ2) is 4.53. The molecular weight excluding hydrogens is 207 g/mol. The Morgan fingerprint density at radius 2 is 1.73 bits per heavy atom. The highest BCUT2D eigenvalue weighted by atomic mass is 28.3. The van der Waals surface area contributed by atoms with E-state index >= 15 is 0 Å². The number of rotatable bonds is 3. The highest BCUT2D eigenvalue weighted by Gasteiger charge is 2.17. The zero-order valence-corrected chi connectivity index (χ0v) is 10.3. The molecule has 0 aromatic heterocycles. The average Bonchev–Trinajstić information content (AvgIpc) is 2.15. The van der Waals surface area contributed by atoms with Crippen molar-refractivity contribution in [2.45, 2.75) is 19.6 Å². The average molecular weight is 222 g/mol. The van der Waals surface area contributed by atoms with Crippen LogP contribution in [0.3, 0.4) is 0 Å². The number of Topliss-reactive ketones (excluding diaryl/α,β-unsaturated/α-hetero) is 1. The summed E-state index contributed by atoms with van der Waals surface area (Å²) in [5.41, 5.74) is 1.90. The Morgan fingerprint density at radius 3 is 2.20 bits per heavy atom. The molecule has 1 aromatic rings. The van der Waals surface area contributed by atoms with Crippen LogP contribution in [0, 0.1) is 0 Å². The van der Waals surface area contributed by atoms with Gasteiger partial charge in [0.15, 0.2) is 5.83 Å². The Balaban J connectivity index is 2.92. The van der Waals surface area contributed by atoms with Crippen LogP contribution in [-0.2, 0) is 0 Å². The molecule has 0 saturated heterocycles. The molecule has 0 unspecified atom stereocenters. The van der Waals surface area contributed by atoms with Crippen molar-refractivity contribution in [3.05, 3.63) is 47.4 Å². The minimum atomic E-state index is -1.67. The maximum atomic E-state index is 13.5. The standard InChI is InChI=1S/C12H15FOSi/c1-15(2,3)9-11(13)12(14)10-7-5-4-6-8-10/h4-9H,1-3H3/b11-9-. The molecule has 3 heteroatoms. The van der Waals surface area contributed by atoms with Crippen LogP contribution in [0.5, 0.6) is 0 Å². The Kier molecular flexibility index (Phi) is 3.58. The minimum absolute atomic E-state index is 0.407. The van der Waals surface area contributed by atoms with E-state index in [9.17, 15) is 9.18 Å². The van der Waals surface area contributed by atoms with Gasteiger partial charge < -0.3 is 0 Å². The third-order valence-corrected chi connectivity index (χ3v) is 2.93. The molecule has 0 spiro atoms. The third kappa shape index (κ3) is 3.79. The molecule has 1 aromatic carbocycles. The fourth-order valence-corrected chi connectivity index (χ4v) is 2.06. The van der Waals surface area contributed by atoms with Gasteiger partial charge in [-0.05, 0) is 0 Å². The molecule has 0 N–H and O–H groups in total. The quantitative estimate of drug-likeness (QED) is 0.434. The number of benzene rings is 1. The Hall–Kier alpha value is -1.22. The third-order valence-electron chi connectivity index (χ3n) is 1.81. The number of allylic oxidation sites excluding steroid dienone is 1. The summed E-state index contributed by atoms with van der Waals surface area (Å²) in [7, 11) is -1.67. The van der Waals surface area contributed by atoms with Gasteiger partial charge in [-0.1, -0.05) is 55.7 Å². The van der Waals surface area contributed by atoms with Gasteiger partial charge in [-0.3, -0.25) is 4.79 Å². The van der Waals surface area contributed by atoms with Gasteiger partial charge in [-0.2, -0.15) is 0 Å². The van der Waals surface area contributed by atoms with E-state index in [0.29, 0.717) is 5.56 Å². The summed E-state index contributed by atoms with van der Waals surface area (Å²) in [6.07, 6.45) is 0. The van der Waals surface area contributed by atoms with Gasteiger partial charge in [0.05, 0.1) is 8.07 Å². The SMILES string of the molecule is C[Si](C)(C)/C=C(\F)C(=O)c1ccccc1. The topological polar surface area (TPSA) is 17.1 Å². The second-order valence-electron chi connectivity index (χ2n) is 4.55. The van der Waals surface area contributed by atoms with E-state index in [-0.39, 0.29) is 0 Å². The van der Waals surface area contributed by atoms with Crippen molar-refractivity contribution in [2.75, 3.05) is 0 Å². The molecular formula is C12H15FOSi. The number of carbonyl (C=O) groups excluding carboxylic acids is 1. The van der Waals surface area contributed by atoms with Crippen LogP contribution < -0.4 is 0 Å². The van der Waals surface area contributed by atoms with Gasteiger partial charge in [-0.25, -0.2) is 4.39 Å². The highest BCUT2D eigenvalue weighted by Crippen LogP contribution is 2.13. The molecule has 15 heavy (non-hydrogen) atoms. The molecule has 0 radical (unpaired) electrons. The smallest absolute Gasteiger partial charge is 0.220 e. The molecule has 0 aliphatic carbocycles. The molecule has 80 valence electrons. The lowest BCUT2D eigenvalue weighted by molar-refractivity contribution is 0.100. The Labute approximate surface area is 90.6 Å². The largest absolute Gasteiger partial charge is 0.286 e. The van der Waals surface area contributed by atoms with E-state index in [1.807, 2.05) is 19.6 Å². The lowest BCUT2D eigenvalue weighted by atomic mass is 10.1. The summed E-state index contributed by atoms with van der Waals surface area (Å²) >= 11 is 0. The maximum absolute atomic E-state index is 13.5. The zero-order valence-electron chi connectivity index (χ0n) is 9.25. The first-order chi connectivity index (χ1) is 6.90. The fourth-order valence-electron chi connectivity index (χ4n) is 1.17. The summed E-state index contributed by atoms with van der Waals surface area (Å²) in [6, 6.07) is 8.51. The van der Waals surface area contributed by atoms with Crippen LogP contribution >= 0.6 is 0 Å². The van der Waals surface area contributed by atoms with Gasteiger partial charge in [0.1, 0.15) is 0 Å². The van der Waals surface area contributed by atoms with Crippen molar-refractivity contribution in [1.82, 2.24) is 0 Å². The molecule has 1 nitrogen and oxygen atoms in total. The predicted octanol–water partition coefficient (Wildman–Crippen LogP) is 3.60. The second-order valence-corrected chi connectivity index (χ2v) is 9.57. The first kappa shape index (κ1) is 11.8. The number of hydrogen-bond donors (Lipinski definition) is 0.